The van der Waals surface area contributed by atoms with E-state index in [-0.39, 0.29) is 11.9 Å². The van der Waals surface area contributed by atoms with Gasteiger partial charge in [0.2, 0.25) is 0 Å². The number of amides is 1. The number of esters is 1. The Kier molecular flexibility index (Phi) is 5.69. The van der Waals surface area contributed by atoms with Crippen LogP contribution < -0.4 is 9.64 Å². The number of ether oxygens (including phenoxy) is 2. The van der Waals surface area contributed by atoms with E-state index in [2.05, 4.69) is 4.90 Å². The molecular formula is C23H26N2O4. The number of hydrogen-bond donors (Lipinski definition) is 0. The van der Waals surface area contributed by atoms with Crippen LogP contribution in [0.1, 0.15) is 35.2 Å². The fourth-order valence-corrected chi connectivity index (χ4v) is 3.99. The molecular weight excluding hydrogens is 368 g/mol. The molecule has 6 heteroatoms. The zero-order chi connectivity index (χ0) is 20.2. The molecule has 2 aliphatic rings. The van der Waals surface area contributed by atoms with Crippen LogP contribution in [0.3, 0.4) is 0 Å². The second-order valence-corrected chi connectivity index (χ2v) is 7.53. The standard InChI is InChI=1S/C23H26N2O4/c1-28-23(27)18-11-9-17(10-12-18)15-25-16-21(22(26)24-13-5-2-6-14-24)29-20-8-4-3-7-19(20)25/h3-4,7-12,21H,2,5-6,13-16H2,1H3. The van der Waals surface area contributed by atoms with Gasteiger partial charge in [0.1, 0.15) is 5.75 Å². The van der Waals surface area contributed by atoms with Crippen LogP contribution in [0.5, 0.6) is 5.75 Å². The van der Waals surface area contributed by atoms with Gasteiger partial charge in [-0.05, 0) is 49.1 Å². The summed E-state index contributed by atoms with van der Waals surface area (Å²) in [6.45, 7) is 2.77. The number of rotatable bonds is 4. The Hall–Kier alpha value is -3.02. The highest BCUT2D eigenvalue weighted by atomic mass is 16.5. The molecule has 0 N–H and O–H groups in total. The van der Waals surface area contributed by atoms with Crippen LogP contribution in [0.4, 0.5) is 5.69 Å². The first kappa shape index (κ1) is 19.3. The first-order chi connectivity index (χ1) is 14.2. The van der Waals surface area contributed by atoms with Gasteiger partial charge in [-0.1, -0.05) is 24.3 Å². The number of piperidine rings is 1. The molecule has 2 aromatic carbocycles. The number of likely N-dealkylation sites (tertiary alicyclic amines) is 1. The Morgan fingerprint density at radius 3 is 2.48 bits per heavy atom. The number of fused-ring (bicyclic) bond motifs is 1. The van der Waals surface area contributed by atoms with E-state index in [1.165, 1.54) is 13.5 Å². The van der Waals surface area contributed by atoms with Crippen molar-refractivity contribution in [1.29, 1.82) is 0 Å². The van der Waals surface area contributed by atoms with E-state index >= 15 is 0 Å². The van der Waals surface area contributed by atoms with E-state index < -0.39 is 6.10 Å². The summed E-state index contributed by atoms with van der Waals surface area (Å²) < 4.78 is 10.8. The number of para-hydroxylation sites is 2. The fourth-order valence-electron chi connectivity index (χ4n) is 3.99. The van der Waals surface area contributed by atoms with E-state index in [1.54, 1.807) is 12.1 Å². The van der Waals surface area contributed by atoms with Crippen LogP contribution in [-0.2, 0) is 16.1 Å². The molecule has 1 unspecified atom stereocenters. The summed E-state index contributed by atoms with van der Waals surface area (Å²) in [5, 5.41) is 0. The third-order valence-electron chi connectivity index (χ3n) is 5.55. The first-order valence-electron chi connectivity index (χ1n) is 10.1. The Balaban J connectivity index is 1.53. The van der Waals surface area contributed by atoms with Gasteiger partial charge in [-0.25, -0.2) is 4.79 Å². The van der Waals surface area contributed by atoms with Crippen LogP contribution in [0.15, 0.2) is 48.5 Å². The lowest BCUT2D eigenvalue weighted by molar-refractivity contribution is -0.139. The van der Waals surface area contributed by atoms with Gasteiger partial charge in [0.05, 0.1) is 24.9 Å². The Morgan fingerprint density at radius 2 is 1.76 bits per heavy atom. The summed E-state index contributed by atoms with van der Waals surface area (Å²) in [5.74, 6) is 0.464. The molecule has 0 radical (unpaired) electrons. The second-order valence-electron chi connectivity index (χ2n) is 7.53. The maximum absolute atomic E-state index is 13.0. The summed E-state index contributed by atoms with van der Waals surface area (Å²) in [6, 6.07) is 15.2. The molecule has 0 aromatic heterocycles. The van der Waals surface area contributed by atoms with Crippen LogP contribution in [-0.4, -0.2) is 49.6 Å². The molecule has 2 aromatic rings. The van der Waals surface area contributed by atoms with Crippen molar-refractivity contribution < 1.29 is 19.1 Å². The van der Waals surface area contributed by atoms with Gasteiger partial charge in [-0.2, -0.15) is 0 Å². The third-order valence-corrected chi connectivity index (χ3v) is 5.55. The zero-order valence-corrected chi connectivity index (χ0v) is 16.7. The second kappa shape index (κ2) is 8.55. The minimum atomic E-state index is -0.502. The molecule has 29 heavy (non-hydrogen) atoms. The van der Waals surface area contributed by atoms with Gasteiger partial charge in [-0.15, -0.1) is 0 Å². The Bertz CT molecular complexity index is 875. The SMILES string of the molecule is COC(=O)c1ccc(CN2CC(C(=O)N3CCCCC3)Oc3ccccc32)cc1. The predicted molar refractivity (Wildman–Crippen MR) is 110 cm³/mol. The fraction of sp³-hybridized carbons (Fsp3) is 0.391. The molecule has 6 nitrogen and oxygen atoms in total. The van der Waals surface area contributed by atoms with E-state index in [0.717, 1.165) is 42.9 Å². The smallest absolute Gasteiger partial charge is 0.337 e. The number of carbonyl (C=O) groups is 2. The number of hydrogen-bond acceptors (Lipinski definition) is 5. The minimum absolute atomic E-state index is 0.0743. The lowest BCUT2D eigenvalue weighted by atomic mass is 10.1. The highest BCUT2D eigenvalue weighted by Crippen LogP contribution is 2.34. The van der Waals surface area contributed by atoms with Gasteiger partial charge < -0.3 is 19.3 Å². The van der Waals surface area contributed by atoms with E-state index in [0.29, 0.717) is 18.7 Å². The predicted octanol–water partition coefficient (Wildman–Crippen LogP) is 3.25. The van der Waals surface area contributed by atoms with Gasteiger partial charge in [0.25, 0.3) is 5.91 Å². The average Bonchev–Trinajstić information content (AvgIpc) is 2.79. The number of anilines is 1. The summed E-state index contributed by atoms with van der Waals surface area (Å²) in [4.78, 5) is 28.8. The number of carbonyl (C=O) groups excluding carboxylic acids is 2. The normalized spacial score (nSPS) is 18.6. The third kappa shape index (κ3) is 4.21. The Labute approximate surface area is 171 Å². The molecule has 152 valence electrons. The van der Waals surface area contributed by atoms with Gasteiger partial charge in [-0.3, -0.25) is 4.79 Å². The van der Waals surface area contributed by atoms with Gasteiger partial charge >= 0.3 is 5.97 Å². The number of methoxy groups -OCH3 is 1. The van der Waals surface area contributed by atoms with Crippen molar-refractivity contribution >= 4 is 17.6 Å². The molecule has 4 rings (SSSR count). The molecule has 0 aliphatic carbocycles. The zero-order valence-electron chi connectivity index (χ0n) is 16.7. The first-order valence-corrected chi connectivity index (χ1v) is 10.1. The highest BCUT2D eigenvalue weighted by molar-refractivity contribution is 5.89. The van der Waals surface area contributed by atoms with Crippen molar-refractivity contribution in [3.63, 3.8) is 0 Å². The monoisotopic (exact) mass is 394 g/mol. The molecule has 0 bridgehead atoms. The van der Waals surface area contributed by atoms with E-state index in [9.17, 15) is 9.59 Å². The Morgan fingerprint density at radius 1 is 1.03 bits per heavy atom. The maximum atomic E-state index is 13.0. The van der Waals surface area contributed by atoms with Crippen molar-refractivity contribution in [1.82, 2.24) is 4.90 Å². The van der Waals surface area contributed by atoms with Crippen LogP contribution in [0.2, 0.25) is 0 Å². The molecule has 0 saturated carbocycles. The number of benzene rings is 2. The van der Waals surface area contributed by atoms with Crippen molar-refractivity contribution in [3.05, 3.63) is 59.7 Å². The quantitative estimate of drug-likeness (QED) is 0.745. The highest BCUT2D eigenvalue weighted by Gasteiger charge is 2.33. The summed E-state index contributed by atoms with van der Waals surface area (Å²) >= 11 is 0. The minimum Gasteiger partial charge on any atom is -0.477 e. The average molecular weight is 394 g/mol. The van der Waals surface area contributed by atoms with Crippen molar-refractivity contribution in [2.45, 2.75) is 31.9 Å². The summed E-state index contributed by atoms with van der Waals surface area (Å²) in [5.41, 5.74) is 2.56. The van der Waals surface area contributed by atoms with Crippen LogP contribution in [0.25, 0.3) is 0 Å². The lowest BCUT2D eigenvalue weighted by Gasteiger charge is -2.38. The summed E-state index contributed by atoms with van der Waals surface area (Å²) in [7, 11) is 1.38. The van der Waals surface area contributed by atoms with E-state index in [4.69, 9.17) is 9.47 Å². The van der Waals surface area contributed by atoms with Crippen molar-refractivity contribution in [3.8, 4) is 5.75 Å². The lowest BCUT2D eigenvalue weighted by Crippen LogP contribution is -2.51. The molecule has 1 saturated heterocycles. The molecule has 1 atom stereocenters. The van der Waals surface area contributed by atoms with Gasteiger partial charge in [0.15, 0.2) is 6.10 Å². The van der Waals surface area contributed by atoms with Crippen LogP contribution >= 0.6 is 0 Å². The molecule has 2 aliphatic heterocycles. The van der Waals surface area contributed by atoms with Crippen LogP contribution in [0, 0.1) is 0 Å². The van der Waals surface area contributed by atoms with Gasteiger partial charge in [0, 0.05) is 19.6 Å². The summed E-state index contributed by atoms with van der Waals surface area (Å²) in [6.07, 6.45) is 2.81. The van der Waals surface area contributed by atoms with E-state index in [1.807, 2.05) is 41.3 Å². The molecule has 0 spiro atoms. The number of nitrogens with zero attached hydrogens (tertiary/aromatic N) is 2. The largest absolute Gasteiger partial charge is 0.477 e. The molecule has 1 fully saturated rings. The molecule has 1 amide bonds. The maximum Gasteiger partial charge on any atom is 0.337 e. The van der Waals surface area contributed by atoms with Crippen molar-refractivity contribution in [2.24, 2.45) is 0 Å². The van der Waals surface area contributed by atoms with Crippen molar-refractivity contribution in [2.75, 3.05) is 31.6 Å². The topological polar surface area (TPSA) is 59.1 Å². The molecule has 2 heterocycles.